The number of hydrogen-bond donors (Lipinski definition) is 3. The van der Waals surface area contributed by atoms with Crippen LogP contribution in [-0.4, -0.2) is 31.4 Å². The van der Waals surface area contributed by atoms with E-state index in [0.717, 1.165) is 12.1 Å². The van der Waals surface area contributed by atoms with E-state index in [4.69, 9.17) is 14.7 Å². The number of nitrogens with two attached hydrogens (primary N) is 1. The zero-order valence-electron chi connectivity index (χ0n) is 10.1. The minimum absolute atomic E-state index is 0.254. The first-order chi connectivity index (χ1) is 8.75. The molecule has 1 amide bonds. The molecule has 0 aromatic carbocycles. The number of carbonyl (C=O) groups excluding carboxylic acids is 1. The van der Waals surface area contributed by atoms with Gasteiger partial charge in [0.05, 0.1) is 0 Å². The molecule has 1 unspecified atom stereocenters. The molecule has 1 atom stereocenters. The molecule has 0 saturated carbocycles. The average molecular weight is 290 g/mol. The van der Waals surface area contributed by atoms with E-state index in [1.54, 1.807) is 6.92 Å². The molecular formula is C10H14N2O6S. The van der Waals surface area contributed by atoms with Gasteiger partial charge in [-0.25, -0.2) is 18.4 Å². The van der Waals surface area contributed by atoms with Crippen molar-refractivity contribution in [1.82, 2.24) is 5.32 Å². The largest absolute Gasteiger partial charge is 0.480 e. The summed E-state index contributed by atoms with van der Waals surface area (Å²) in [5.41, 5.74) is 0. The number of sulfonamides is 1. The van der Waals surface area contributed by atoms with Crippen molar-refractivity contribution in [3.8, 4) is 0 Å². The number of furan rings is 1. The molecule has 0 spiro atoms. The van der Waals surface area contributed by atoms with Crippen molar-refractivity contribution in [2.24, 2.45) is 5.14 Å². The smallest absolute Gasteiger partial charge is 0.326 e. The van der Waals surface area contributed by atoms with Crippen LogP contribution in [-0.2, 0) is 14.8 Å². The average Bonchev–Trinajstić information content (AvgIpc) is 2.76. The molecule has 0 radical (unpaired) electrons. The topological polar surface area (TPSA) is 140 Å². The van der Waals surface area contributed by atoms with Crippen LogP contribution in [0.1, 0.15) is 30.3 Å². The molecule has 1 aromatic heterocycles. The molecule has 19 heavy (non-hydrogen) atoms. The van der Waals surface area contributed by atoms with Crippen molar-refractivity contribution < 1.29 is 27.5 Å². The highest BCUT2D eigenvalue weighted by molar-refractivity contribution is 7.89. The molecule has 8 nitrogen and oxygen atoms in total. The van der Waals surface area contributed by atoms with E-state index in [1.165, 1.54) is 0 Å². The second-order valence-electron chi connectivity index (χ2n) is 3.82. The fraction of sp³-hybridized carbons (Fsp3) is 0.400. The Hall–Kier alpha value is -1.87. The lowest BCUT2D eigenvalue weighted by atomic mass is 10.1. The molecular weight excluding hydrogens is 276 g/mol. The van der Waals surface area contributed by atoms with E-state index in [2.05, 4.69) is 5.32 Å². The first-order valence-corrected chi connectivity index (χ1v) is 6.96. The number of primary sulfonamides is 1. The van der Waals surface area contributed by atoms with E-state index >= 15 is 0 Å². The second-order valence-corrected chi connectivity index (χ2v) is 5.31. The number of carboxylic acids is 1. The summed E-state index contributed by atoms with van der Waals surface area (Å²) in [5, 5.41) is 15.4. The molecule has 1 heterocycles. The minimum atomic E-state index is -4.03. The molecule has 0 bridgehead atoms. The van der Waals surface area contributed by atoms with Gasteiger partial charge in [0.1, 0.15) is 6.04 Å². The Balaban J connectivity index is 2.83. The maximum Gasteiger partial charge on any atom is 0.326 e. The van der Waals surface area contributed by atoms with Crippen LogP contribution in [0.15, 0.2) is 21.6 Å². The lowest BCUT2D eigenvalue weighted by Gasteiger charge is -2.11. The van der Waals surface area contributed by atoms with Crippen LogP contribution >= 0.6 is 0 Å². The standard InChI is InChI=1S/C10H14N2O6S/c1-2-3-6(10(14)15)12-9(13)7-4-5-8(18-7)19(11,16)17/h4-6H,2-3H2,1H3,(H,12,13)(H,14,15)(H2,11,16,17). The summed E-state index contributed by atoms with van der Waals surface area (Å²) < 4.78 is 26.7. The molecule has 106 valence electrons. The normalized spacial score (nSPS) is 12.9. The fourth-order valence-electron chi connectivity index (χ4n) is 1.37. The number of amides is 1. The highest BCUT2D eigenvalue weighted by atomic mass is 32.2. The fourth-order valence-corrected chi connectivity index (χ4v) is 1.83. The van der Waals surface area contributed by atoms with E-state index in [9.17, 15) is 18.0 Å². The summed E-state index contributed by atoms with van der Waals surface area (Å²) in [6.45, 7) is 1.77. The summed E-state index contributed by atoms with van der Waals surface area (Å²) >= 11 is 0. The van der Waals surface area contributed by atoms with E-state index in [-0.39, 0.29) is 12.2 Å². The number of carboxylic acid groups (broad SMARTS) is 1. The Morgan fingerprint density at radius 2 is 2.11 bits per heavy atom. The van der Waals surface area contributed by atoms with Crippen LogP contribution in [0.25, 0.3) is 0 Å². The van der Waals surface area contributed by atoms with Gasteiger partial charge >= 0.3 is 5.97 Å². The predicted octanol–water partition coefficient (Wildman–Crippen LogP) is -0.0899. The van der Waals surface area contributed by atoms with Crippen LogP contribution in [0.2, 0.25) is 0 Å². The Morgan fingerprint density at radius 3 is 2.53 bits per heavy atom. The maximum absolute atomic E-state index is 11.7. The quantitative estimate of drug-likeness (QED) is 0.669. The predicted molar refractivity (Wildman–Crippen MR) is 63.9 cm³/mol. The third-order valence-corrected chi connectivity index (χ3v) is 3.05. The van der Waals surface area contributed by atoms with Crippen molar-refractivity contribution in [1.29, 1.82) is 0 Å². The second kappa shape index (κ2) is 5.85. The zero-order valence-corrected chi connectivity index (χ0v) is 10.9. The zero-order chi connectivity index (χ0) is 14.6. The van der Waals surface area contributed by atoms with Gasteiger partial charge in [-0.1, -0.05) is 13.3 Å². The molecule has 1 rings (SSSR count). The molecule has 9 heteroatoms. The number of hydrogen-bond acceptors (Lipinski definition) is 5. The molecule has 4 N–H and O–H groups in total. The van der Waals surface area contributed by atoms with Crippen molar-refractivity contribution >= 4 is 21.9 Å². The summed E-state index contributed by atoms with van der Waals surface area (Å²) in [5.74, 6) is -2.30. The number of nitrogens with one attached hydrogen (secondary N) is 1. The Labute approximate surface area is 109 Å². The molecule has 0 aliphatic rings. The number of rotatable bonds is 6. The van der Waals surface area contributed by atoms with Gasteiger partial charge in [-0.2, -0.15) is 0 Å². The van der Waals surface area contributed by atoms with Gasteiger partial charge in [0, 0.05) is 0 Å². The van der Waals surface area contributed by atoms with Gasteiger partial charge in [-0.05, 0) is 18.6 Å². The Kier molecular flexibility index (Phi) is 4.67. The highest BCUT2D eigenvalue weighted by Crippen LogP contribution is 2.12. The van der Waals surface area contributed by atoms with Gasteiger partial charge in [0.15, 0.2) is 5.76 Å². The third kappa shape index (κ3) is 4.07. The van der Waals surface area contributed by atoms with E-state index in [0.29, 0.717) is 6.42 Å². The van der Waals surface area contributed by atoms with E-state index in [1.807, 2.05) is 0 Å². The minimum Gasteiger partial charge on any atom is -0.480 e. The molecule has 0 fully saturated rings. The van der Waals surface area contributed by atoms with Crippen LogP contribution in [0.3, 0.4) is 0 Å². The van der Waals surface area contributed by atoms with Crippen LogP contribution in [0, 0.1) is 0 Å². The molecule has 0 aliphatic heterocycles. The summed E-state index contributed by atoms with van der Waals surface area (Å²) in [4.78, 5) is 22.5. The lowest BCUT2D eigenvalue weighted by molar-refractivity contribution is -0.139. The van der Waals surface area contributed by atoms with Gasteiger partial charge in [0.25, 0.3) is 15.9 Å². The van der Waals surface area contributed by atoms with Crippen LogP contribution < -0.4 is 10.5 Å². The first kappa shape index (κ1) is 15.2. The van der Waals surface area contributed by atoms with Crippen LogP contribution in [0.4, 0.5) is 0 Å². The third-order valence-electron chi connectivity index (χ3n) is 2.27. The summed E-state index contributed by atoms with van der Waals surface area (Å²) in [6, 6.07) is 1.08. The van der Waals surface area contributed by atoms with Crippen molar-refractivity contribution in [3.63, 3.8) is 0 Å². The van der Waals surface area contributed by atoms with Gasteiger partial charge < -0.3 is 14.8 Å². The summed E-state index contributed by atoms with van der Waals surface area (Å²) in [7, 11) is -4.03. The monoisotopic (exact) mass is 290 g/mol. The molecule has 0 aliphatic carbocycles. The maximum atomic E-state index is 11.7. The van der Waals surface area contributed by atoms with E-state index < -0.39 is 33.0 Å². The van der Waals surface area contributed by atoms with Gasteiger partial charge in [-0.15, -0.1) is 0 Å². The highest BCUT2D eigenvalue weighted by Gasteiger charge is 2.23. The number of carbonyl (C=O) groups is 2. The molecule has 1 aromatic rings. The van der Waals surface area contributed by atoms with Crippen molar-refractivity contribution in [2.45, 2.75) is 30.9 Å². The number of aliphatic carboxylic acids is 1. The molecule has 0 saturated heterocycles. The lowest BCUT2D eigenvalue weighted by Crippen LogP contribution is -2.40. The van der Waals surface area contributed by atoms with Crippen molar-refractivity contribution in [3.05, 3.63) is 17.9 Å². The SMILES string of the molecule is CCCC(NC(=O)c1ccc(S(N)(=O)=O)o1)C(=O)O. The van der Waals surface area contributed by atoms with Gasteiger partial charge in [0.2, 0.25) is 5.09 Å². The first-order valence-electron chi connectivity index (χ1n) is 5.42. The summed E-state index contributed by atoms with van der Waals surface area (Å²) in [6.07, 6.45) is 0.821. The Morgan fingerprint density at radius 1 is 1.47 bits per heavy atom. The van der Waals surface area contributed by atoms with Gasteiger partial charge in [-0.3, -0.25) is 4.79 Å². The Bertz CT molecular complexity index is 577. The van der Waals surface area contributed by atoms with Crippen molar-refractivity contribution in [2.75, 3.05) is 0 Å². The van der Waals surface area contributed by atoms with Crippen LogP contribution in [0.5, 0.6) is 0 Å².